The highest BCUT2D eigenvalue weighted by molar-refractivity contribution is 5.84. The largest absolute Gasteiger partial charge is 0.447 e. The summed E-state index contributed by atoms with van der Waals surface area (Å²) in [5.74, 6) is 0. The Morgan fingerprint density at radius 1 is 1.57 bits per heavy atom. The molecule has 2 aromatic rings. The molecule has 0 radical (unpaired) electrons. The Bertz CT molecular complexity index is 1050. The van der Waals surface area contributed by atoms with Gasteiger partial charge in [-0.1, -0.05) is 6.07 Å². The Morgan fingerprint density at radius 2 is 2.48 bits per heavy atom. The molecule has 1 atom stereocenters. The number of benzene rings is 1. The lowest BCUT2D eigenvalue weighted by Crippen LogP contribution is -2.28. The molecule has 0 bridgehead atoms. The van der Waals surface area contributed by atoms with Crippen molar-refractivity contribution in [3.63, 3.8) is 0 Å². The fourth-order valence-corrected chi connectivity index (χ4v) is 2.08. The summed E-state index contributed by atoms with van der Waals surface area (Å²) < 4.78 is 99.1. The van der Waals surface area contributed by atoms with E-state index in [1.807, 2.05) is 0 Å². The first kappa shape index (κ1) is 5.65. The Kier molecular flexibility index (Phi) is 1.55. The molecule has 5 heteroatoms. The summed E-state index contributed by atoms with van der Waals surface area (Å²) in [7, 11) is 0. The van der Waals surface area contributed by atoms with Crippen molar-refractivity contribution in [1.82, 2.24) is 15.2 Å². The average Bonchev–Trinajstić information content (AvgIpc) is 3.18. The maximum atomic E-state index is 11.5. The van der Waals surface area contributed by atoms with Crippen molar-refractivity contribution in [3.8, 4) is 0 Å². The molecular formula is C16H21N3O2. The summed E-state index contributed by atoms with van der Waals surface area (Å²) in [6, 6.07) is 2.66. The number of aromatic nitrogens is 1. The zero-order chi connectivity index (χ0) is 25.1. The number of H-pyrrole nitrogens is 1. The highest BCUT2D eigenvalue weighted by Crippen LogP contribution is 2.21. The number of carbonyl (C=O) groups excluding carboxylic acids is 1. The van der Waals surface area contributed by atoms with Gasteiger partial charge in [0.1, 0.15) is 6.61 Å². The zero-order valence-electron chi connectivity index (χ0n) is 23.0. The van der Waals surface area contributed by atoms with Gasteiger partial charge in [0.2, 0.25) is 0 Å². The second kappa shape index (κ2) is 5.77. The lowest BCUT2D eigenvalue weighted by atomic mass is 10.0. The van der Waals surface area contributed by atoms with E-state index >= 15 is 0 Å². The van der Waals surface area contributed by atoms with Gasteiger partial charge < -0.3 is 19.9 Å². The van der Waals surface area contributed by atoms with Gasteiger partial charge in [-0.25, -0.2) is 4.79 Å². The first-order chi connectivity index (χ1) is 14.9. The topological polar surface area (TPSA) is 57.4 Å². The molecule has 5 nitrogen and oxygen atoms in total. The molecule has 3 rings (SSSR count). The van der Waals surface area contributed by atoms with E-state index in [9.17, 15) is 4.79 Å². The van der Waals surface area contributed by atoms with Crippen LogP contribution in [0.1, 0.15) is 24.8 Å². The van der Waals surface area contributed by atoms with Gasteiger partial charge >= 0.3 is 6.09 Å². The summed E-state index contributed by atoms with van der Waals surface area (Å²) in [6.45, 7) is -7.64. The second-order valence-electron chi connectivity index (χ2n) is 4.53. The summed E-state index contributed by atoms with van der Waals surface area (Å²) in [5.41, 5.74) is -0.0587. The molecule has 1 aromatic heterocycles. The van der Waals surface area contributed by atoms with Gasteiger partial charge in [0, 0.05) is 37.4 Å². The van der Waals surface area contributed by atoms with E-state index in [1.165, 1.54) is 18.2 Å². The number of nitrogens with one attached hydrogen (secondary N) is 2. The summed E-state index contributed by atoms with van der Waals surface area (Å²) in [4.78, 5) is 12.4. The highest BCUT2D eigenvalue weighted by Gasteiger charge is 2.22. The summed E-state index contributed by atoms with van der Waals surface area (Å²) in [6.07, 6.45) is -4.76. The Labute approximate surface area is 141 Å². The maximum absolute atomic E-state index is 11.5. The van der Waals surface area contributed by atoms with Gasteiger partial charge in [0.05, 0.1) is 6.04 Å². The fourth-order valence-electron chi connectivity index (χ4n) is 2.08. The van der Waals surface area contributed by atoms with Crippen molar-refractivity contribution in [2.45, 2.75) is 18.8 Å². The summed E-state index contributed by atoms with van der Waals surface area (Å²) >= 11 is 0. The third-order valence-corrected chi connectivity index (χ3v) is 3.01. The third-order valence-electron chi connectivity index (χ3n) is 3.01. The van der Waals surface area contributed by atoms with Gasteiger partial charge in [-0.15, -0.1) is 0 Å². The van der Waals surface area contributed by atoms with Crippen LogP contribution in [-0.4, -0.2) is 49.1 Å². The van der Waals surface area contributed by atoms with Gasteiger partial charge in [0.25, 0.3) is 0 Å². The monoisotopic (exact) mass is 299 g/mol. The van der Waals surface area contributed by atoms with E-state index < -0.39 is 45.4 Å². The molecule has 21 heavy (non-hydrogen) atoms. The Morgan fingerprint density at radius 3 is 3.24 bits per heavy atom. The molecule has 112 valence electrons. The zero-order valence-corrected chi connectivity index (χ0v) is 11.0. The molecule has 1 saturated heterocycles. The standard InChI is InChI=1S/C16H21N3O2/c1-19(2)6-5-12-9-17-15-4-3-11(8-14(12)15)7-13-10-21-16(20)18-13/h3-4,8-9,13,17H,5-7,10H2,1-2H3,(H,18,20)/t13-/m0/s1/i1D3,2D3,5D2,7D2/hD2. The summed E-state index contributed by atoms with van der Waals surface area (Å²) in [5, 5.41) is 0.444. The number of hydrogen-bond acceptors (Lipinski definition) is 3. The van der Waals surface area contributed by atoms with Crippen molar-refractivity contribution >= 4 is 17.0 Å². The van der Waals surface area contributed by atoms with E-state index in [2.05, 4.69) is 0 Å². The molecule has 1 aliphatic heterocycles. The van der Waals surface area contributed by atoms with E-state index in [4.69, 9.17) is 21.3 Å². The van der Waals surface area contributed by atoms with Crippen molar-refractivity contribution < 1.29 is 26.1 Å². The average molecular weight is 299 g/mol. The molecule has 1 aliphatic rings. The molecule has 0 spiro atoms. The molecule has 2 heterocycles. The van der Waals surface area contributed by atoms with Crippen molar-refractivity contribution in [1.29, 1.82) is 0 Å². The number of nitrogens with zero attached hydrogens (tertiary/aromatic N) is 1. The van der Waals surface area contributed by atoms with Gasteiger partial charge in [-0.05, 0) is 50.0 Å². The molecule has 1 fully saturated rings. The molecule has 0 aliphatic carbocycles. The van der Waals surface area contributed by atoms with Crippen LogP contribution in [0, 0.1) is 0 Å². The maximum Gasteiger partial charge on any atom is 0.407 e. The quantitative estimate of drug-likeness (QED) is 0.887. The number of fused-ring (bicyclic) bond motifs is 1. The minimum atomic E-state index is -3.12. The molecule has 0 unspecified atom stereocenters. The lowest BCUT2D eigenvalue weighted by Gasteiger charge is -2.09. The van der Waals surface area contributed by atoms with Crippen LogP contribution in [0.4, 0.5) is 4.79 Å². The molecule has 0 saturated carbocycles. The number of rotatable bonds is 5. The van der Waals surface area contributed by atoms with Crippen LogP contribution in [0.3, 0.4) is 0 Å². The molecular weight excluding hydrogens is 266 g/mol. The SMILES string of the molecule is [2H]N1C(=O)OC[C@@H]1C([2H])([2H])c1ccc2c(c1)c(C([2H])([2H])CN(C([2H])([2H])[2H])C([2H])([2H])[2H])cn2[2H]. The number of amides is 1. The van der Waals surface area contributed by atoms with Crippen LogP contribution >= 0.6 is 0 Å². The van der Waals surface area contributed by atoms with Gasteiger partial charge in [-0.2, -0.15) is 0 Å². The van der Waals surface area contributed by atoms with Crippen molar-refractivity contribution in [2.75, 3.05) is 27.1 Å². The Balaban J connectivity index is 2.08. The smallest absolute Gasteiger partial charge is 0.407 e. The second-order valence-corrected chi connectivity index (χ2v) is 4.53. The van der Waals surface area contributed by atoms with E-state index in [0.717, 1.165) is 11.2 Å². The third kappa shape index (κ3) is 3.19. The first-order valence-electron chi connectivity index (χ1n) is 12.1. The number of carbonyl (C=O) groups is 1. The fraction of sp³-hybridized carbons (Fsp3) is 0.438. The van der Waals surface area contributed by atoms with Crippen LogP contribution in [-0.2, 0) is 17.5 Å². The van der Waals surface area contributed by atoms with Crippen LogP contribution in [0.2, 0.25) is 2.82 Å². The molecule has 1 amide bonds. The van der Waals surface area contributed by atoms with Crippen LogP contribution in [0.25, 0.3) is 10.9 Å². The van der Waals surface area contributed by atoms with Gasteiger partial charge in [-0.3, -0.25) is 0 Å². The number of alkyl carbamates (subject to hydrolysis) is 1. The molecule has 2 N–H and O–H groups in total. The predicted octanol–water partition coefficient (Wildman–Crippen LogP) is 1.92. The number of ether oxygens (including phenoxy) is 1. The minimum absolute atomic E-state index is 0.0256. The van der Waals surface area contributed by atoms with E-state index in [0.29, 0.717) is 5.31 Å². The van der Waals surface area contributed by atoms with Gasteiger partial charge in [0.15, 0.2) is 2.82 Å². The predicted molar refractivity (Wildman–Crippen MR) is 82.5 cm³/mol. The minimum Gasteiger partial charge on any atom is -0.447 e. The number of aromatic amines is 1. The first-order valence-corrected chi connectivity index (χ1v) is 6.25. The van der Waals surface area contributed by atoms with E-state index in [-0.39, 0.29) is 33.5 Å². The van der Waals surface area contributed by atoms with Crippen molar-refractivity contribution in [2.24, 2.45) is 0 Å². The number of hydrogen-bond donors (Lipinski definition) is 2. The lowest BCUT2D eigenvalue weighted by molar-refractivity contribution is 0.177. The Hall–Kier alpha value is -2.01. The highest BCUT2D eigenvalue weighted by atomic mass is 16.6. The van der Waals surface area contributed by atoms with Crippen LogP contribution in [0.5, 0.6) is 0 Å². The van der Waals surface area contributed by atoms with Crippen molar-refractivity contribution in [3.05, 3.63) is 35.5 Å². The van der Waals surface area contributed by atoms with Crippen LogP contribution in [0.15, 0.2) is 24.4 Å². The normalized spacial score (nSPS) is 29.7. The van der Waals surface area contributed by atoms with Crippen LogP contribution < -0.4 is 5.31 Å². The molecule has 1 aromatic carbocycles. The van der Waals surface area contributed by atoms with E-state index in [1.54, 1.807) is 0 Å². The number of cyclic esters (lactones) is 1. The number of likely N-dealkylation sites (N-methyl/N-ethyl adjacent to an activating group) is 1.